The molecule has 0 heterocycles. The molecule has 0 fully saturated rings. The van der Waals surface area contributed by atoms with E-state index in [1.165, 1.54) is 0 Å². The Kier molecular flexibility index (Phi) is 8.29. The quantitative estimate of drug-likeness (QED) is 0.655. The van der Waals surface area contributed by atoms with Gasteiger partial charge in [-0.05, 0) is 55.3 Å². The number of carbonyl (C=O) groups is 1. The zero-order valence-corrected chi connectivity index (χ0v) is 16.1. The van der Waals surface area contributed by atoms with E-state index in [0.29, 0.717) is 44.1 Å². The summed E-state index contributed by atoms with van der Waals surface area (Å²) in [7, 11) is 3.21. The molecular formula is C21H27NO5. The predicted octanol–water partition coefficient (Wildman–Crippen LogP) is 3.23. The number of hydrogen-bond acceptors (Lipinski definition) is 5. The van der Waals surface area contributed by atoms with Gasteiger partial charge in [-0.3, -0.25) is 4.79 Å². The fraction of sp³-hybridized carbons (Fsp3) is 0.381. The van der Waals surface area contributed by atoms with Crippen LogP contribution in [0, 0.1) is 0 Å². The Morgan fingerprint density at radius 1 is 0.926 bits per heavy atom. The fourth-order valence-electron chi connectivity index (χ4n) is 2.53. The number of benzene rings is 2. The third-order valence-electron chi connectivity index (χ3n) is 3.92. The van der Waals surface area contributed by atoms with Crippen LogP contribution in [-0.2, 0) is 11.2 Å². The van der Waals surface area contributed by atoms with E-state index in [4.69, 9.17) is 18.9 Å². The third-order valence-corrected chi connectivity index (χ3v) is 3.92. The zero-order valence-electron chi connectivity index (χ0n) is 16.1. The number of ether oxygens (including phenoxy) is 4. The molecule has 0 unspecified atom stereocenters. The Bertz CT molecular complexity index is 715. The Morgan fingerprint density at radius 2 is 1.59 bits per heavy atom. The molecule has 0 spiro atoms. The van der Waals surface area contributed by atoms with Crippen LogP contribution in [0.25, 0.3) is 0 Å². The van der Waals surface area contributed by atoms with E-state index in [9.17, 15) is 4.79 Å². The summed E-state index contributed by atoms with van der Waals surface area (Å²) in [4.78, 5) is 11.9. The number of hydrogen-bond donors (Lipinski definition) is 1. The minimum Gasteiger partial charge on any atom is -0.494 e. The topological polar surface area (TPSA) is 66.0 Å². The first-order chi connectivity index (χ1) is 13.2. The van der Waals surface area contributed by atoms with Crippen LogP contribution >= 0.6 is 0 Å². The lowest BCUT2D eigenvalue weighted by atomic mass is 10.1. The highest BCUT2D eigenvalue weighted by Gasteiger charge is 2.06. The van der Waals surface area contributed by atoms with Gasteiger partial charge in [-0.25, -0.2) is 0 Å². The van der Waals surface area contributed by atoms with Crippen LogP contribution in [0.1, 0.15) is 18.9 Å². The van der Waals surface area contributed by atoms with Gasteiger partial charge in [0, 0.05) is 6.54 Å². The molecular weight excluding hydrogens is 346 g/mol. The maximum atomic E-state index is 11.9. The highest BCUT2D eigenvalue weighted by atomic mass is 16.5. The van der Waals surface area contributed by atoms with Crippen molar-refractivity contribution in [2.75, 3.05) is 34.0 Å². The molecule has 0 bridgehead atoms. The van der Waals surface area contributed by atoms with Crippen molar-refractivity contribution in [2.24, 2.45) is 0 Å². The van der Waals surface area contributed by atoms with Gasteiger partial charge in [0.25, 0.3) is 0 Å². The van der Waals surface area contributed by atoms with E-state index < -0.39 is 0 Å². The summed E-state index contributed by atoms with van der Waals surface area (Å²) in [5, 5.41) is 2.90. The van der Waals surface area contributed by atoms with E-state index in [-0.39, 0.29) is 5.91 Å². The average Bonchev–Trinajstić information content (AvgIpc) is 2.69. The molecule has 0 atom stereocenters. The number of amides is 1. The Morgan fingerprint density at radius 3 is 2.22 bits per heavy atom. The molecule has 0 aliphatic heterocycles. The van der Waals surface area contributed by atoms with Gasteiger partial charge in [0.15, 0.2) is 11.5 Å². The fourth-order valence-corrected chi connectivity index (χ4v) is 2.53. The standard InChI is InChI=1S/C21H27NO5/c1-4-26-17-6-8-18(9-7-17)27-14-12-21(23)22-13-11-16-5-10-19(24-2)20(15-16)25-3/h5-10,15H,4,11-14H2,1-3H3,(H,22,23). The third kappa shape index (κ3) is 6.73. The summed E-state index contributed by atoms with van der Waals surface area (Å²) in [6.45, 7) is 3.45. The molecule has 0 saturated heterocycles. The van der Waals surface area contributed by atoms with Gasteiger partial charge >= 0.3 is 0 Å². The molecule has 1 N–H and O–H groups in total. The Balaban J connectivity index is 1.67. The average molecular weight is 373 g/mol. The largest absolute Gasteiger partial charge is 0.494 e. The molecule has 2 rings (SSSR count). The van der Waals surface area contributed by atoms with Crippen LogP contribution in [0.5, 0.6) is 23.0 Å². The minimum atomic E-state index is -0.0404. The summed E-state index contributed by atoms with van der Waals surface area (Å²) in [5.74, 6) is 2.86. The van der Waals surface area contributed by atoms with E-state index in [1.54, 1.807) is 14.2 Å². The summed E-state index contributed by atoms with van der Waals surface area (Å²) >= 11 is 0. The van der Waals surface area contributed by atoms with Gasteiger partial charge in [-0.2, -0.15) is 0 Å². The molecule has 2 aromatic rings. The molecule has 146 valence electrons. The van der Waals surface area contributed by atoms with Crippen molar-refractivity contribution >= 4 is 5.91 Å². The van der Waals surface area contributed by atoms with Crippen molar-refractivity contribution < 1.29 is 23.7 Å². The molecule has 0 aliphatic carbocycles. The van der Waals surface area contributed by atoms with Crippen LogP contribution in [-0.4, -0.2) is 39.9 Å². The van der Waals surface area contributed by atoms with Crippen LogP contribution in [0.4, 0.5) is 0 Å². The molecule has 1 amide bonds. The van der Waals surface area contributed by atoms with Gasteiger partial charge in [0.2, 0.25) is 5.91 Å². The molecule has 6 nitrogen and oxygen atoms in total. The van der Waals surface area contributed by atoms with E-state index >= 15 is 0 Å². The summed E-state index contributed by atoms with van der Waals surface area (Å²) < 4.78 is 21.5. The van der Waals surface area contributed by atoms with Gasteiger partial charge in [0.05, 0.1) is 33.9 Å². The number of carbonyl (C=O) groups excluding carboxylic acids is 1. The van der Waals surface area contributed by atoms with E-state index in [0.717, 1.165) is 17.1 Å². The first kappa shape index (κ1) is 20.4. The van der Waals surface area contributed by atoms with Gasteiger partial charge in [-0.1, -0.05) is 6.07 Å². The first-order valence-electron chi connectivity index (χ1n) is 8.99. The summed E-state index contributed by atoms with van der Waals surface area (Å²) in [6, 6.07) is 13.1. The number of rotatable bonds is 11. The lowest BCUT2D eigenvalue weighted by Crippen LogP contribution is -2.27. The van der Waals surface area contributed by atoms with Crippen molar-refractivity contribution in [3.63, 3.8) is 0 Å². The molecule has 0 saturated carbocycles. The van der Waals surface area contributed by atoms with Crippen molar-refractivity contribution in [2.45, 2.75) is 19.8 Å². The molecule has 0 aliphatic rings. The van der Waals surface area contributed by atoms with Gasteiger partial charge < -0.3 is 24.3 Å². The summed E-state index contributed by atoms with van der Waals surface area (Å²) in [5.41, 5.74) is 1.07. The lowest BCUT2D eigenvalue weighted by Gasteiger charge is -2.10. The highest BCUT2D eigenvalue weighted by Crippen LogP contribution is 2.27. The Labute approximate surface area is 160 Å². The SMILES string of the molecule is CCOc1ccc(OCCC(=O)NCCc2ccc(OC)c(OC)c2)cc1. The van der Waals surface area contributed by atoms with Crippen LogP contribution in [0.3, 0.4) is 0 Å². The van der Waals surface area contributed by atoms with Gasteiger partial charge in [-0.15, -0.1) is 0 Å². The number of nitrogens with one attached hydrogen (secondary N) is 1. The highest BCUT2D eigenvalue weighted by molar-refractivity contribution is 5.76. The second kappa shape index (κ2) is 11.0. The van der Waals surface area contributed by atoms with Crippen LogP contribution < -0.4 is 24.3 Å². The van der Waals surface area contributed by atoms with E-state index in [2.05, 4.69) is 5.32 Å². The second-order valence-corrected chi connectivity index (χ2v) is 5.79. The second-order valence-electron chi connectivity index (χ2n) is 5.79. The van der Waals surface area contributed by atoms with Crippen molar-refractivity contribution in [1.29, 1.82) is 0 Å². The number of methoxy groups -OCH3 is 2. The maximum Gasteiger partial charge on any atom is 0.223 e. The maximum absolute atomic E-state index is 11.9. The molecule has 2 aromatic carbocycles. The molecule has 0 radical (unpaired) electrons. The van der Waals surface area contributed by atoms with E-state index in [1.807, 2.05) is 49.4 Å². The zero-order chi connectivity index (χ0) is 19.5. The Hall–Kier alpha value is -2.89. The predicted molar refractivity (Wildman–Crippen MR) is 104 cm³/mol. The van der Waals surface area contributed by atoms with Crippen molar-refractivity contribution in [3.8, 4) is 23.0 Å². The van der Waals surface area contributed by atoms with Crippen LogP contribution in [0.2, 0.25) is 0 Å². The monoisotopic (exact) mass is 373 g/mol. The van der Waals surface area contributed by atoms with Crippen molar-refractivity contribution in [1.82, 2.24) is 5.32 Å². The van der Waals surface area contributed by atoms with Gasteiger partial charge in [0.1, 0.15) is 11.5 Å². The normalized spacial score (nSPS) is 10.2. The minimum absolute atomic E-state index is 0.0404. The van der Waals surface area contributed by atoms with Crippen LogP contribution in [0.15, 0.2) is 42.5 Å². The lowest BCUT2D eigenvalue weighted by molar-refractivity contribution is -0.121. The summed E-state index contributed by atoms with van der Waals surface area (Å²) in [6.07, 6.45) is 1.02. The molecule has 0 aromatic heterocycles. The first-order valence-corrected chi connectivity index (χ1v) is 8.99. The van der Waals surface area contributed by atoms with Crippen molar-refractivity contribution in [3.05, 3.63) is 48.0 Å². The molecule has 6 heteroatoms. The smallest absolute Gasteiger partial charge is 0.223 e. The molecule has 27 heavy (non-hydrogen) atoms.